The maximum atomic E-state index is 13.6. The Hall–Kier alpha value is -3.81. The quantitative estimate of drug-likeness (QED) is 0.417. The van der Waals surface area contributed by atoms with Gasteiger partial charge in [0.1, 0.15) is 5.69 Å². The van der Waals surface area contributed by atoms with Gasteiger partial charge in [-0.15, -0.1) is 0 Å². The fourth-order valence-electron chi connectivity index (χ4n) is 3.89. The van der Waals surface area contributed by atoms with E-state index in [1.165, 1.54) is 16.8 Å². The van der Waals surface area contributed by atoms with Gasteiger partial charge in [0.15, 0.2) is 5.69 Å². The van der Waals surface area contributed by atoms with Crippen molar-refractivity contribution in [1.29, 1.82) is 0 Å². The molecule has 0 aliphatic heterocycles. The zero-order valence-electron chi connectivity index (χ0n) is 18.0. The van der Waals surface area contributed by atoms with Gasteiger partial charge >= 0.3 is 0 Å². The lowest BCUT2D eigenvalue weighted by molar-refractivity contribution is -0.384. The molecule has 3 aromatic rings. The molecule has 1 heterocycles. The second-order valence-electron chi connectivity index (χ2n) is 8.15. The molecule has 32 heavy (non-hydrogen) atoms. The smallest absolute Gasteiger partial charge is 0.294 e. The van der Waals surface area contributed by atoms with Crippen molar-refractivity contribution in [2.24, 2.45) is 5.92 Å². The highest BCUT2D eigenvalue weighted by atomic mass is 16.6. The Morgan fingerprint density at radius 1 is 1.19 bits per heavy atom. The number of carbonyl (C=O) groups excluding carboxylic acids is 1. The predicted octanol–water partition coefficient (Wildman–Crippen LogP) is 3.89. The Morgan fingerprint density at radius 2 is 1.84 bits per heavy atom. The summed E-state index contributed by atoms with van der Waals surface area (Å²) in [6, 6.07) is 17.0. The van der Waals surface area contributed by atoms with E-state index in [0.29, 0.717) is 18.2 Å². The molecule has 1 aromatic heterocycles. The van der Waals surface area contributed by atoms with E-state index in [2.05, 4.69) is 5.10 Å². The Morgan fingerprint density at radius 3 is 2.50 bits per heavy atom. The minimum Gasteiger partial charge on any atom is -0.330 e. The third-order valence-electron chi connectivity index (χ3n) is 5.87. The highest BCUT2D eigenvalue weighted by Gasteiger charge is 2.36. The molecule has 1 aliphatic rings. The summed E-state index contributed by atoms with van der Waals surface area (Å²) in [7, 11) is 0. The van der Waals surface area contributed by atoms with Crippen LogP contribution in [-0.4, -0.2) is 31.6 Å². The molecule has 2 aromatic carbocycles. The SMILES string of the molecule is Cc1cc(=O)c(C(=O)N(Cc2ccccc2)C(C)C2CC2)nn1-c1ccccc1[N+](=O)[O-]. The molecule has 1 atom stereocenters. The van der Waals surface area contributed by atoms with Gasteiger partial charge in [-0.25, -0.2) is 4.68 Å². The van der Waals surface area contributed by atoms with Crippen LogP contribution >= 0.6 is 0 Å². The molecule has 0 radical (unpaired) electrons. The molecule has 1 unspecified atom stereocenters. The van der Waals surface area contributed by atoms with Crippen LogP contribution in [0.2, 0.25) is 0 Å². The molecule has 1 aliphatic carbocycles. The molecule has 1 amide bonds. The lowest BCUT2D eigenvalue weighted by atomic mass is 10.1. The number of carbonyl (C=O) groups is 1. The standard InChI is InChI=1S/C24H24N4O4/c1-16-14-22(29)23(25-27(16)20-10-6-7-11-21(20)28(31)32)24(30)26(17(2)19-12-13-19)15-18-8-4-3-5-9-18/h3-11,14,17,19H,12-13,15H2,1-2H3. The summed E-state index contributed by atoms with van der Waals surface area (Å²) in [5.41, 5.74) is 0.678. The molecule has 164 valence electrons. The fraction of sp³-hybridized carbons (Fsp3) is 0.292. The van der Waals surface area contributed by atoms with Gasteiger partial charge in [0, 0.05) is 30.4 Å². The maximum Gasteiger partial charge on any atom is 0.294 e. The summed E-state index contributed by atoms with van der Waals surface area (Å²) >= 11 is 0. The first kappa shape index (κ1) is 21.4. The Balaban J connectivity index is 1.77. The number of amides is 1. The number of hydrogen-bond donors (Lipinski definition) is 0. The summed E-state index contributed by atoms with van der Waals surface area (Å²) in [5, 5.41) is 15.8. The Bertz CT molecular complexity index is 1220. The molecule has 8 heteroatoms. The van der Waals surface area contributed by atoms with Gasteiger partial charge in [-0.3, -0.25) is 19.7 Å². The van der Waals surface area contributed by atoms with Gasteiger partial charge in [0.05, 0.1) is 4.92 Å². The van der Waals surface area contributed by atoms with Crippen molar-refractivity contribution in [3.8, 4) is 5.69 Å². The van der Waals surface area contributed by atoms with Gasteiger partial charge in [0.2, 0.25) is 5.43 Å². The summed E-state index contributed by atoms with van der Waals surface area (Å²) in [4.78, 5) is 39.1. The van der Waals surface area contributed by atoms with Crippen LogP contribution in [0.3, 0.4) is 0 Å². The van der Waals surface area contributed by atoms with Crippen LogP contribution in [0.5, 0.6) is 0 Å². The number of nitrogens with zero attached hydrogens (tertiary/aromatic N) is 4. The molecule has 0 saturated heterocycles. The summed E-state index contributed by atoms with van der Waals surface area (Å²) in [6.45, 7) is 3.99. The molecule has 0 bridgehead atoms. The second-order valence-corrected chi connectivity index (χ2v) is 8.15. The minimum atomic E-state index is -0.507. The average Bonchev–Trinajstić information content (AvgIpc) is 3.63. The van der Waals surface area contributed by atoms with Gasteiger partial charge in [-0.2, -0.15) is 5.10 Å². The first-order valence-electron chi connectivity index (χ1n) is 10.6. The van der Waals surface area contributed by atoms with Crippen molar-refractivity contribution in [3.63, 3.8) is 0 Å². The number of para-hydroxylation sites is 2. The number of aryl methyl sites for hydroxylation is 1. The van der Waals surface area contributed by atoms with Crippen molar-refractivity contribution in [2.45, 2.75) is 39.3 Å². The number of nitro benzene ring substituents is 1. The van der Waals surface area contributed by atoms with Gasteiger partial charge in [0.25, 0.3) is 11.6 Å². The molecule has 0 N–H and O–H groups in total. The molecule has 8 nitrogen and oxygen atoms in total. The zero-order chi connectivity index (χ0) is 22.8. The molecule has 4 rings (SSSR count). The third kappa shape index (κ3) is 4.30. The predicted molar refractivity (Wildman–Crippen MR) is 120 cm³/mol. The van der Waals surface area contributed by atoms with Crippen molar-refractivity contribution in [3.05, 3.63) is 98.0 Å². The Kier molecular flexibility index (Phi) is 5.85. The van der Waals surface area contributed by atoms with Gasteiger partial charge < -0.3 is 4.90 Å². The third-order valence-corrected chi connectivity index (χ3v) is 5.87. The summed E-state index contributed by atoms with van der Waals surface area (Å²) in [5.74, 6) is -0.0730. The van der Waals surface area contributed by atoms with Crippen LogP contribution in [0.4, 0.5) is 5.69 Å². The number of benzene rings is 2. The van der Waals surface area contributed by atoms with E-state index >= 15 is 0 Å². The van der Waals surface area contributed by atoms with E-state index in [1.54, 1.807) is 30.0 Å². The first-order chi connectivity index (χ1) is 15.4. The van der Waals surface area contributed by atoms with Crippen molar-refractivity contribution in [2.75, 3.05) is 0 Å². The Labute approximate surface area is 185 Å². The molecular formula is C24H24N4O4. The molecule has 0 spiro atoms. The van der Waals surface area contributed by atoms with Gasteiger partial charge in [-0.05, 0) is 44.2 Å². The van der Waals surface area contributed by atoms with Crippen LogP contribution in [0.15, 0.2) is 65.5 Å². The van der Waals surface area contributed by atoms with Crippen molar-refractivity contribution in [1.82, 2.24) is 14.7 Å². The highest BCUT2D eigenvalue weighted by Crippen LogP contribution is 2.36. The van der Waals surface area contributed by atoms with Crippen molar-refractivity contribution < 1.29 is 9.72 Å². The van der Waals surface area contributed by atoms with E-state index in [4.69, 9.17) is 0 Å². The number of nitro groups is 1. The van der Waals surface area contributed by atoms with Crippen LogP contribution in [0, 0.1) is 23.0 Å². The van der Waals surface area contributed by atoms with Crippen molar-refractivity contribution >= 4 is 11.6 Å². The summed E-state index contributed by atoms with van der Waals surface area (Å²) in [6.07, 6.45) is 2.09. The second kappa shape index (κ2) is 8.74. The van der Waals surface area contributed by atoms with E-state index in [1.807, 2.05) is 37.3 Å². The topological polar surface area (TPSA) is 98.3 Å². The fourth-order valence-corrected chi connectivity index (χ4v) is 3.89. The van der Waals surface area contributed by atoms with E-state index in [9.17, 15) is 19.7 Å². The lowest BCUT2D eigenvalue weighted by Crippen LogP contribution is -2.42. The van der Waals surface area contributed by atoms with Crippen LogP contribution in [-0.2, 0) is 6.54 Å². The van der Waals surface area contributed by atoms with Crippen LogP contribution in [0.1, 0.15) is 41.5 Å². The zero-order valence-corrected chi connectivity index (χ0v) is 18.0. The van der Waals surface area contributed by atoms with Crippen LogP contribution in [0.25, 0.3) is 5.69 Å². The maximum absolute atomic E-state index is 13.6. The van der Waals surface area contributed by atoms with Crippen LogP contribution < -0.4 is 5.43 Å². The largest absolute Gasteiger partial charge is 0.330 e. The minimum absolute atomic E-state index is 0.0512. The molecule has 1 saturated carbocycles. The number of hydrogen-bond acceptors (Lipinski definition) is 5. The van der Waals surface area contributed by atoms with E-state index in [-0.39, 0.29) is 23.1 Å². The first-order valence-corrected chi connectivity index (χ1v) is 10.6. The highest BCUT2D eigenvalue weighted by molar-refractivity contribution is 5.92. The normalized spacial score (nSPS) is 14.1. The summed E-state index contributed by atoms with van der Waals surface area (Å²) < 4.78 is 1.30. The molecule has 1 fully saturated rings. The average molecular weight is 432 g/mol. The van der Waals surface area contributed by atoms with Gasteiger partial charge in [-0.1, -0.05) is 42.5 Å². The monoisotopic (exact) mass is 432 g/mol. The molecular weight excluding hydrogens is 408 g/mol. The number of aromatic nitrogens is 2. The van der Waals surface area contributed by atoms with E-state index < -0.39 is 16.3 Å². The lowest BCUT2D eigenvalue weighted by Gasteiger charge is -2.29. The van der Waals surface area contributed by atoms with E-state index in [0.717, 1.165) is 18.4 Å². The number of rotatable bonds is 7.